The van der Waals surface area contributed by atoms with Gasteiger partial charge in [-0.3, -0.25) is 14.5 Å². The minimum atomic E-state index is -1.12. The third-order valence-electron chi connectivity index (χ3n) is 14.7. The van der Waals surface area contributed by atoms with E-state index < -0.39 is 24.3 Å². The zero-order valence-corrected chi connectivity index (χ0v) is 40.0. The quantitative estimate of drug-likeness (QED) is 0.0844. The Bertz CT molecular complexity index is 2580. The molecule has 9 rings (SSSR count). The third-order valence-corrected chi connectivity index (χ3v) is 14.7. The van der Waals surface area contributed by atoms with Gasteiger partial charge in [-0.2, -0.15) is 0 Å². The number of imidazole rings is 2. The number of benzene rings is 3. The number of amides is 4. The van der Waals surface area contributed by atoms with Crippen molar-refractivity contribution in [3.05, 3.63) is 114 Å². The van der Waals surface area contributed by atoms with Gasteiger partial charge in [0.15, 0.2) is 0 Å². The number of H-pyrrole nitrogens is 2. The van der Waals surface area contributed by atoms with Gasteiger partial charge in [-0.15, -0.1) is 0 Å². The van der Waals surface area contributed by atoms with E-state index in [-0.39, 0.29) is 47.8 Å². The number of alkyl carbamates (subject to hydrolysis) is 1. The summed E-state index contributed by atoms with van der Waals surface area (Å²) in [5.41, 5.74) is 8.86. The zero-order chi connectivity index (χ0) is 47.8. The number of likely N-dealkylation sites (N-methyl/N-ethyl adjacent to an activating group) is 1. The molecule has 15 heteroatoms. The number of carbonyl (C=O) groups is 4. The van der Waals surface area contributed by atoms with Crippen LogP contribution in [0.4, 0.5) is 15.3 Å². The molecule has 0 spiro atoms. The molecular weight excluding hydrogens is 859 g/mol. The Hall–Kier alpha value is -6.64. The molecule has 0 radical (unpaired) electrons. The van der Waals surface area contributed by atoms with Crippen molar-refractivity contribution in [3.63, 3.8) is 0 Å². The molecule has 1 aliphatic carbocycles. The van der Waals surface area contributed by atoms with Crippen LogP contribution in [0.2, 0.25) is 0 Å². The molecule has 0 unspecified atom stereocenters. The van der Waals surface area contributed by atoms with Crippen LogP contribution in [-0.2, 0) is 14.3 Å². The van der Waals surface area contributed by atoms with Crippen LogP contribution < -0.4 is 10.2 Å². The highest BCUT2D eigenvalue weighted by Gasteiger charge is 2.41. The number of hydrogen-bond acceptors (Lipinski definition) is 8. The lowest BCUT2D eigenvalue weighted by molar-refractivity contribution is -0.138. The average Bonchev–Trinajstić information content (AvgIpc) is 3.96. The smallest absolute Gasteiger partial charge is 0.407 e. The van der Waals surface area contributed by atoms with Gasteiger partial charge in [-0.25, -0.2) is 19.6 Å². The number of anilines is 1. The fraction of sp³-hybridized carbons (Fsp3) is 0.472. The minimum Gasteiger partial charge on any atom is -0.465 e. The molecule has 6 atom stereocenters. The summed E-state index contributed by atoms with van der Waals surface area (Å²) in [7, 11) is 2.77. The number of rotatable bonds is 14. The Morgan fingerprint density at radius 1 is 0.662 bits per heavy atom. The van der Waals surface area contributed by atoms with Gasteiger partial charge in [0.1, 0.15) is 23.7 Å². The van der Waals surface area contributed by atoms with E-state index in [0.717, 1.165) is 71.8 Å². The normalized spacial score (nSPS) is 21.4. The first-order chi connectivity index (χ1) is 32.8. The van der Waals surface area contributed by atoms with Crippen molar-refractivity contribution in [3.8, 4) is 22.5 Å². The van der Waals surface area contributed by atoms with E-state index in [4.69, 9.17) is 14.7 Å². The number of methoxy groups -OCH3 is 1. The van der Waals surface area contributed by atoms with Gasteiger partial charge in [-0.1, -0.05) is 88.4 Å². The Morgan fingerprint density at radius 2 is 1.15 bits per heavy atom. The number of aromatic nitrogens is 4. The van der Waals surface area contributed by atoms with Crippen molar-refractivity contribution in [2.75, 3.05) is 32.1 Å². The lowest BCUT2D eigenvalue weighted by Crippen LogP contribution is -2.51. The summed E-state index contributed by atoms with van der Waals surface area (Å²) in [5.74, 6) is 1.52. The topological polar surface area (TPSA) is 180 Å². The summed E-state index contributed by atoms with van der Waals surface area (Å²) < 4.78 is 4.81. The maximum atomic E-state index is 13.8. The van der Waals surface area contributed by atoms with Gasteiger partial charge in [0, 0.05) is 25.8 Å². The summed E-state index contributed by atoms with van der Waals surface area (Å²) in [6, 6.07) is 25.1. The SMILES string of the molecule is COC(=O)N[C@H](C(=O)N1CCC[C@H]1c1ncc(-c2ccc([C@@H]3CC[C@H](c4ccc(-c5cnc([C@@H]6CCCN6C(=O)[C@H](C(C)C)N(C)C(=O)O)[nH]5)cc4)N3c3ccc(C4CC4)cc3)cc2)[nH]1)C(C)C. The van der Waals surface area contributed by atoms with Crippen molar-refractivity contribution < 1.29 is 29.0 Å². The number of ether oxygens (including phenoxy) is 1. The Kier molecular flexibility index (Phi) is 13.3. The molecule has 358 valence electrons. The monoisotopic (exact) mass is 924 g/mol. The predicted octanol–water partition coefficient (Wildman–Crippen LogP) is 9.77. The molecule has 15 nitrogen and oxygen atoms in total. The molecule has 3 saturated heterocycles. The second kappa shape index (κ2) is 19.5. The molecule has 1 saturated carbocycles. The summed E-state index contributed by atoms with van der Waals surface area (Å²) in [6.45, 7) is 8.74. The molecule has 3 aliphatic heterocycles. The lowest BCUT2D eigenvalue weighted by atomic mass is 10.0. The van der Waals surface area contributed by atoms with E-state index in [1.165, 1.54) is 49.4 Å². The van der Waals surface area contributed by atoms with Gasteiger partial charge in [0.2, 0.25) is 11.8 Å². The van der Waals surface area contributed by atoms with Crippen LogP contribution >= 0.6 is 0 Å². The number of likely N-dealkylation sites (tertiary alicyclic amines) is 2. The van der Waals surface area contributed by atoms with Crippen molar-refractivity contribution in [2.24, 2.45) is 11.8 Å². The standard InChI is InChI=1S/C53H65N9O6/c1-31(2)46(58-52(65)68-6)50(63)60-27-7-9-44(60)48-54-29-40(56-48)35-13-17-37(18-14-35)42-25-26-43(62(42)39-23-21-34(22-24-39)33-11-12-33)38-19-15-36(16-20-38)41-30-55-49(57-41)45-10-8-28-61(45)51(64)47(32(3)4)59(5)53(66)67/h13-24,29-33,42-47H,7-12,25-28H2,1-6H3,(H,54,56)(H,55,57)(H,58,65)(H,66,67)/t42-,43+,44-,45-,46-,47-/m0/s1. The van der Waals surface area contributed by atoms with Crippen LogP contribution in [0.1, 0.15) is 137 Å². The first kappa shape index (κ1) is 46.5. The third kappa shape index (κ3) is 9.31. The van der Waals surface area contributed by atoms with Gasteiger partial charge < -0.3 is 39.8 Å². The number of carboxylic acid groups (broad SMARTS) is 1. The fourth-order valence-electron chi connectivity index (χ4n) is 10.9. The van der Waals surface area contributed by atoms with Crippen LogP contribution in [0.3, 0.4) is 0 Å². The summed E-state index contributed by atoms with van der Waals surface area (Å²) >= 11 is 0. The zero-order valence-electron chi connectivity index (χ0n) is 40.0. The molecule has 5 aromatic rings. The largest absolute Gasteiger partial charge is 0.465 e. The van der Waals surface area contributed by atoms with Gasteiger partial charge in [0.25, 0.3) is 0 Å². The predicted molar refractivity (Wildman–Crippen MR) is 260 cm³/mol. The van der Waals surface area contributed by atoms with Crippen LogP contribution in [0.25, 0.3) is 22.5 Å². The van der Waals surface area contributed by atoms with E-state index in [2.05, 4.69) is 93.0 Å². The number of nitrogens with zero attached hydrogens (tertiary/aromatic N) is 6. The molecule has 4 fully saturated rings. The molecule has 2 aromatic heterocycles. The lowest BCUT2D eigenvalue weighted by Gasteiger charge is -2.33. The van der Waals surface area contributed by atoms with E-state index in [1.807, 2.05) is 45.0 Å². The van der Waals surface area contributed by atoms with Crippen LogP contribution in [-0.4, -0.2) is 103 Å². The first-order valence-corrected chi connectivity index (χ1v) is 24.4. The highest BCUT2D eigenvalue weighted by molar-refractivity contribution is 5.87. The summed E-state index contributed by atoms with van der Waals surface area (Å²) in [4.78, 5) is 75.4. The maximum absolute atomic E-state index is 13.8. The highest BCUT2D eigenvalue weighted by atomic mass is 16.5. The van der Waals surface area contributed by atoms with Crippen molar-refractivity contribution in [1.82, 2.24) is 40.0 Å². The van der Waals surface area contributed by atoms with Crippen molar-refractivity contribution in [2.45, 2.75) is 121 Å². The molecule has 68 heavy (non-hydrogen) atoms. The Labute approximate surface area is 398 Å². The number of aromatic amines is 2. The Balaban J connectivity index is 0.919. The molecule has 5 heterocycles. The van der Waals surface area contributed by atoms with Crippen LogP contribution in [0.5, 0.6) is 0 Å². The molecule has 4 N–H and O–H groups in total. The second-order valence-corrected chi connectivity index (χ2v) is 19.8. The van der Waals surface area contributed by atoms with Gasteiger partial charge in [-0.05, 0) is 109 Å². The van der Waals surface area contributed by atoms with E-state index in [9.17, 15) is 24.3 Å². The number of hydrogen-bond donors (Lipinski definition) is 4. The van der Waals surface area contributed by atoms with Crippen LogP contribution in [0.15, 0.2) is 85.2 Å². The van der Waals surface area contributed by atoms with Crippen LogP contribution in [0, 0.1) is 11.8 Å². The van der Waals surface area contributed by atoms with Gasteiger partial charge in [0.05, 0.1) is 55.1 Å². The molecular formula is C53H65N9O6. The summed E-state index contributed by atoms with van der Waals surface area (Å²) in [6.07, 6.45) is 9.64. The first-order valence-electron chi connectivity index (χ1n) is 24.4. The van der Waals surface area contributed by atoms with E-state index in [1.54, 1.807) is 4.90 Å². The fourth-order valence-corrected chi connectivity index (χ4v) is 10.9. The average molecular weight is 924 g/mol. The molecule has 4 amide bonds. The highest BCUT2D eigenvalue weighted by Crippen LogP contribution is 2.48. The molecule has 4 aliphatic rings. The summed E-state index contributed by atoms with van der Waals surface area (Å²) in [5, 5.41) is 12.4. The molecule has 3 aromatic carbocycles. The number of nitrogens with one attached hydrogen (secondary N) is 3. The van der Waals surface area contributed by atoms with E-state index >= 15 is 0 Å². The maximum Gasteiger partial charge on any atom is 0.407 e. The minimum absolute atomic E-state index is 0.110. The number of carbonyl (C=O) groups excluding carboxylic acids is 3. The molecule has 0 bridgehead atoms. The van der Waals surface area contributed by atoms with Gasteiger partial charge >= 0.3 is 12.2 Å². The Morgan fingerprint density at radius 3 is 1.59 bits per heavy atom. The van der Waals surface area contributed by atoms with Crippen molar-refractivity contribution >= 4 is 29.7 Å². The second-order valence-electron chi connectivity index (χ2n) is 19.8. The van der Waals surface area contributed by atoms with Crippen molar-refractivity contribution in [1.29, 1.82) is 0 Å². The van der Waals surface area contributed by atoms with E-state index in [0.29, 0.717) is 24.8 Å².